The Morgan fingerprint density at radius 1 is 0.320 bits per heavy atom. The van der Waals surface area contributed by atoms with E-state index in [-0.39, 0.29) is 0 Å². The molecule has 0 aromatic heterocycles. The lowest BCUT2D eigenvalue weighted by atomic mass is 9.92. The van der Waals surface area contributed by atoms with Gasteiger partial charge in [-0.25, -0.2) is 9.98 Å². The number of hydrogen-bond acceptors (Lipinski definition) is 4. The molecule has 0 aliphatic carbocycles. The van der Waals surface area contributed by atoms with Crippen LogP contribution in [0.3, 0.4) is 0 Å². The van der Waals surface area contributed by atoms with Gasteiger partial charge in [-0.15, -0.1) is 0 Å². The number of benzene rings is 6. The van der Waals surface area contributed by atoms with Crippen LogP contribution in [0, 0.1) is 0 Å². The minimum absolute atomic E-state index is 0.743. The fourth-order valence-corrected chi connectivity index (χ4v) is 6.95. The van der Waals surface area contributed by atoms with Gasteiger partial charge in [-0.1, -0.05) is 173 Å². The Kier molecular flexibility index (Phi) is 10.3. The predicted molar refractivity (Wildman–Crippen MR) is 221 cm³/mol. The maximum absolute atomic E-state index is 5.05. The molecule has 244 valence electrons. The lowest BCUT2D eigenvalue weighted by Crippen LogP contribution is -2.21. The van der Waals surface area contributed by atoms with E-state index in [2.05, 4.69) is 137 Å². The van der Waals surface area contributed by atoms with Gasteiger partial charge in [-0.3, -0.25) is 9.98 Å². The van der Waals surface area contributed by atoms with Gasteiger partial charge in [0.05, 0.1) is 23.9 Å². The summed E-state index contributed by atoms with van der Waals surface area (Å²) in [5, 5.41) is 0. The van der Waals surface area contributed by atoms with Crippen LogP contribution in [0.5, 0.6) is 0 Å². The van der Waals surface area contributed by atoms with Crippen LogP contribution < -0.4 is 0 Å². The van der Waals surface area contributed by atoms with Crippen LogP contribution in [0.1, 0.15) is 33.4 Å². The molecule has 2 aliphatic rings. The van der Waals surface area contributed by atoms with E-state index >= 15 is 0 Å². The van der Waals surface area contributed by atoms with Crippen LogP contribution in [0.15, 0.2) is 196 Å². The number of nitrogens with zero attached hydrogens (tertiary/aromatic N) is 4. The maximum atomic E-state index is 5.05. The van der Waals surface area contributed by atoms with Crippen molar-refractivity contribution in [3.8, 4) is 0 Å². The normalized spacial score (nSPS) is 15.2. The van der Waals surface area contributed by atoms with E-state index in [9.17, 15) is 0 Å². The molecule has 0 fully saturated rings. The average Bonchev–Trinajstić information content (AvgIpc) is 3.82. The third kappa shape index (κ3) is 7.21. The second kappa shape index (κ2) is 15.0. The van der Waals surface area contributed by atoms with E-state index in [4.69, 9.17) is 20.0 Å². The SMILES string of the molecule is Brc1ccc(C2(c3ccc(Br)cc3)N=CC(c3ccccc3)=N2)cc1.Brc1ccc(C2(c3ccc(Br)cc3)N=CC(c3ccccc3)=N2)cc1. The lowest BCUT2D eigenvalue weighted by Gasteiger charge is -2.24. The first-order chi connectivity index (χ1) is 24.3. The third-order valence-corrected chi connectivity index (χ3v) is 10.6. The summed E-state index contributed by atoms with van der Waals surface area (Å²) >= 11 is 14.0. The first-order valence-corrected chi connectivity index (χ1v) is 19.0. The first-order valence-electron chi connectivity index (χ1n) is 15.8. The van der Waals surface area contributed by atoms with Gasteiger partial charge < -0.3 is 0 Å². The van der Waals surface area contributed by atoms with Crippen LogP contribution in [0.4, 0.5) is 0 Å². The molecule has 8 heteroatoms. The van der Waals surface area contributed by atoms with Gasteiger partial charge in [0.15, 0.2) is 0 Å². The number of hydrogen-bond donors (Lipinski definition) is 0. The summed E-state index contributed by atoms with van der Waals surface area (Å²) in [4.78, 5) is 19.8. The molecule has 0 spiro atoms. The largest absolute Gasteiger partial charge is 0.252 e. The van der Waals surface area contributed by atoms with Crippen LogP contribution >= 0.6 is 63.7 Å². The maximum Gasteiger partial charge on any atom is 0.202 e. The second-order valence-corrected chi connectivity index (χ2v) is 15.3. The first kappa shape index (κ1) is 34.4. The van der Waals surface area contributed by atoms with Crippen molar-refractivity contribution in [2.24, 2.45) is 20.0 Å². The quantitative estimate of drug-likeness (QED) is 0.160. The Balaban J connectivity index is 0.000000157. The van der Waals surface area contributed by atoms with Crippen molar-refractivity contribution in [1.29, 1.82) is 0 Å². The van der Waals surface area contributed by atoms with Crippen LogP contribution in [0.2, 0.25) is 0 Å². The van der Waals surface area contributed by atoms with Crippen molar-refractivity contribution in [3.05, 3.63) is 209 Å². The average molecular weight is 908 g/mol. The van der Waals surface area contributed by atoms with Crippen LogP contribution in [-0.4, -0.2) is 23.9 Å². The molecule has 0 bridgehead atoms. The monoisotopic (exact) mass is 904 g/mol. The molecule has 4 nitrogen and oxygen atoms in total. The predicted octanol–water partition coefficient (Wildman–Crippen LogP) is 12.0. The highest BCUT2D eigenvalue weighted by atomic mass is 79.9. The van der Waals surface area contributed by atoms with Gasteiger partial charge in [0.2, 0.25) is 11.3 Å². The zero-order chi connectivity index (χ0) is 34.6. The van der Waals surface area contributed by atoms with Crippen LogP contribution in [0.25, 0.3) is 0 Å². The zero-order valence-corrected chi connectivity index (χ0v) is 32.8. The summed E-state index contributed by atoms with van der Waals surface area (Å²) < 4.78 is 4.15. The van der Waals surface area contributed by atoms with E-state index < -0.39 is 11.3 Å². The molecule has 6 aromatic rings. The van der Waals surface area contributed by atoms with E-state index in [1.165, 1.54) is 0 Å². The molecular weight excluding hydrogens is 880 g/mol. The lowest BCUT2D eigenvalue weighted by molar-refractivity contribution is 0.589. The van der Waals surface area contributed by atoms with Gasteiger partial charge in [-0.2, -0.15) is 0 Å². The highest BCUT2D eigenvalue weighted by Gasteiger charge is 2.38. The molecule has 0 saturated carbocycles. The Morgan fingerprint density at radius 2 is 0.580 bits per heavy atom. The third-order valence-electron chi connectivity index (χ3n) is 8.44. The van der Waals surface area contributed by atoms with Crippen molar-refractivity contribution in [2.45, 2.75) is 11.3 Å². The fraction of sp³-hybridized carbons (Fsp3) is 0.0476. The van der Waals surface area contributed by atoms with E-state index in [1.54, 1.807) is 0 Å². The Morgan fingerprint density at radius 3 is 0.840 bits per heavy atom. The number of rotatable bonds is 6. The molecule has 6 aromatic carbocycles. The van der Waals surface area contributed by atoms with E-state index in [1.807, 2.05) is 97.4 Å². The van der Waals surface area contributed by atoms with Crippen molar-refractivity contribution in [3.63, 3.8) is 0 Å². The minimum Gasteiger partial charge on any atom is -0.252 e. The standard InChI is InChI=1S/2C21H14Br2N2/c2*22-18-10-6-16(7-11-18)21(17-8-12-19(23)13-9-17)24-14-20(25-21)15-4-2-1-3-5-15/h2*1-14H. The molecule has 0 atom stereocenters. The molecule has 2 aliphatic heterocycles. The Hall–Kier alpha value is -4.08. The summed E-state index contributed by atoms with van der Waals surface area (Å²) in [6.45, 7) is 0. The smallest absolute Gasteiger partial charge is 0.202 e. The van der Waals surface area contributed by atoms with Crippen LogP contribution in [-0.2, 0) is 11.3 Å². The molecule has 2 heterocycles. The van der Waals surface area contributed by atoms with Crippen molar-refractivity contribution in [1.82, 2.24) is 0 Å². The summed E-state index contributed by atoms with van der Waals surface area (Å²) in [5.41, 5.74) is 6.61. The molecule has 50 heavy (non-hydrogen) atoms. The fourth-order valence-electron chi connectivity index (χ4n) is 5.89. The Labute approximate surface area is 325 Å². The molecule has 0 amide bonds. The molecular formula is C42H28Br4N4. The van der Waals surface area contributed by atoms with Crippen molar-refractivity contribution >= 4 is 87.6 Å². The summed E-state index contributed by atoms with van der Waals surface area (Å²) in [6.07, 6.45) is 3.75. The molecule has 0 N–H and O–H groups in total. The molecule has 0 radical (unpaired) electrons. The van der Waals surface area contributed by atoms with E-state index in [0.29, 0.717) is 0 Å². The topological polar surface area (TPSA) is 49.4 Å². The summed E-state index contributed by atoms with van der Waals surface area (Å²) in [5.74, 6) is 0. The van der Waals surface area contributed by atoms with Gasteiger partial charge in [0.1, 0.15) is 0 Å². The molecule has 8 rings (SSSR count). The van der Waals surface area contributed by atoms with Gasteiger partial charge in [0, 0.05) is 51.3 Å². The van der Waals surface area contributed by atoms with Gasteiger partial charge in [0.25, 0.3) is 0 Å². The second-order valence-electron chi connectivity index (χ2n) is 11.6. The summed E-state index contributed by atoms with van der Waals surface area (Å²) in [7, 11) is 0. The highest BCUT2D eigenvalue weighted by molar-refractivity contribution is 9.11. The number of aliphatic imine (C=N–C) groups is 4. The van der Waals surface area contributed by atoms with Crippen molar-refractivity contribution in [2.75, 3.05) is 0 Å². The molecule has 0 unspecified atom stereocenters. The van der Waals surface area contributed by atoms with Gasteiger partial charge in [-0.05, 0) is 48.5 Å². The number of halogens is 4. The molecule has 0 saturated heterocycles. The zero-order valence-electron chi connectivity index (χ0n) is 26.5. The van der Waals surface area contributed by atoms with Crippen molar-refractivity contribution < 1.29 is 0 Å². The minimum atomic E-state index is -0.743. The van der Waals surface area contributed by atoms with E-state index in [0.717, 1.165) is 62.7 Å². The Bertz CT molecular complexity index is 1960. The summed E-state index contributed by atoms with van der Waals surface area (Å²) in [6, 6.07) is 53.1. The highest BCUT2D eigenvalue weighted by Crippen LogP contribution is 2.41. The van der Waals surface area contributed by atoms with Gasteiger partial charge >= 0.3 is 0 Å².